The summed E-state index contributed by atoms with van der Waals surface area (Å²) in [6.45, 7) is 4.21. The number of benzene rings is 2. The Morgan fingerprint density at radius 1 is 1.06 bits per heavy atom. The molecule has 0 saturated carbocycles. The van der Waals surface area contributed by atoms with Crippen LogP contribution in [0.25, 0.3) is 11.3 Å². The zero-order chi connectivity index (χ0) is 21.8. The highest BCUT2D eigenvalue weighted by Crippen LogP contribution is 2.50. The minimum absolute atomic E-state index is 0.122. The zero-order valence-corrected chi connectivity index (χ0v) is 17.8. The molecule has 0 bridgehead atoms. The predicted octanol–water partition coefficient (Wildman–Crippen LogP) is 5.43. The van der Waals surface area contributed by atoms with E-state index in [1.54, 1.807) is 19.2 Å². The Labute approximate surface area is 180 Å². The number of carbonyl (C=O) groups excluding carboxylic acids is 1. The molecule has 0 spiro atoms. The van der Waals surface area contributed by atoms with Crippen molar-refractivity contribution in [2.24, 2.45) is 5.41 Å². The topological polar surface area (TPSA) is 67.0 Å². The van der Waals surface area contributed by atoms with Crippen LogP contribution in [0.3, 0.4) is 0 Å². The van der Waals surface area contributed by atoms with Crippen molar-refractivity contribution in [1.29, 1.82) is 0 Å². The van der Waals surface area contributed by atoms with Crippen molar-refractivity contribution in [3.05, 3.63) is 76.7 Å². The molecule has 0 unspecified atom stereocenters. The largest absolute Gasteiger partial charge is 0.497 e. The second-order valence-electron chi connectivity index (χ2n) is 9.03. The summed E-state index contributed by atoms with van der Waals surface area (Å²) in [6.07, 6.45) is 1.24. The number of rotatable bonds is 3. The lowest BCUT2D eigenvalue weighted by molar-refractivity contribution is -0.118. The van der Waals surface area contributed by atoms with Crippen LogP contribution in [-0.4, -0.2) is 23.1 Å². The number of hydrogen-bond acceptors (Lipinski definition) is 4. The molecule has 1 aromatic heterocycles. The van der Waals surface area contributed by atoms with Crippen LogP contribution >= 0.6 is 0 Å². The van der Waals surface area contributed by atoms with Gasteiger partial charge in [0, 0.05) is 34.7 Å². The highest BCUT2D eigenvalue weighted by atomic mass is 19.1. The molecule has 2 heterocycles. The van der Waals surface area contributed by atoms with E-state index < -0.39 is 0 Å². The summed E-state index contributed by atoms with van der Waals surface area (Å²) >= 11 is 0. The molecule has 5 nitrogen and oxygen atoms in total. The summed E-state index contributed by atoms with van der Waals surface area (Å²) in [7, 11) is 1.63. The number of ether oxygens (including phenoxy) is 1. The molecule has 6 heteroatoms. The van der Waals surface area contributed by atoms with E-state index in [0.717, 1.165) is 45.8 Å². The molecule has 1 aliphatic heterocycles. The third-order valence-electron chi connectivity index (χ3n) is 6.15. The number of Topliss-reactive ketones (excluding diaryl/α,β-unsaturated/α-hetero) is 1. The normalized spacial score (nSPS) is 19.5. The van der Waals surface area contributed by atoms with Crippen molar-refractivity contribution in [3.8, 4) is 17.0 Å². The van der Waals surface area contributed by atoms with Crippen LogP contribution < -0.4 is 10.1 Å². The van der Waals surface area contributed by atoms with Gasteiger partial charge in [0.15, 0.2) is 11.6 Å². The summed E-state index contributed by atoms with van der Waals surface area (Å²) in [4.78, 5) is 13.3. The van der Waals surface area contributed by atoms with Gasteiger partial charge in [0.25, 0.3) is 0 Å². The molecule has 2 aromatic carbocycles. The molecule has 2 aliphatic rings. The predicted molar refractivity (Wildman–Crippen MR) is 117 cm³/mol. The van der Waals surface area contributed by atoms with Gasteiger partial charge >= 0.3 is 0 Å². The molecule has 2 N–H and O–H groups in total. The minimum atomic E-state index is -0.314. The molecular weight excluding hydrogens is 393 g/mol. The van der Waals surface area contributed by atoms with Gasteiger partial charge in [-0.1, -0.05) is 26.0 Å². The second kappa shape index (κ2) is 7.08. The number of carbonyl (C=O) groups is 1. The average molecular weight is 417 g/mol. The number of anilines is 1. The summed E-state index contributed by atoms with van der Waals surface area (Å²) in [6, 6.07) is 14.1. The molecule has 5 rings (SSSR count). The van der Waals surface area contributed by atoms with Crippen molar-refractivity contribution in [1.82, 2.24) is 10.2 Å². The maximum atomic E-state index is 13.7. The lowest BCUT2D eigenvalue weighted by Gasteiger charge is -2.38. The smallest absolute Gasteiger partial charge is 0.162 e. The van der Waals surface area contributed by atoms with Gasteiger partial charge < -0.3 is 10.1 Å². The van der Waals surface area contributed by atoms with Crippen molar-refractivity contribution in [2.75, 3.05) is 12.4 Å². The number of aromatic nitrogens is 2. The van der Waals surface area contributed by atoms with Gasteiger partial charge in [-0.2, -0.15) is 5.10 Å². The Hall–Kier alpha value is -3.41. The van der Waals surface area contributed by atoms with E-state index in [1.807, 2.05) is 24.3 Å². The van der Waals surface area contributed by atoms with Crippen LogP contribution in [0.1, 0.15) is 43.7 Å². The van der Waals surface area contributed by atoms with E-state index in [-0.39, 0.29) is 22.9 Å². The maximum Gasteiger partial charge on any atom is 0.162 e. The lowest BCUT2D eigenvalue weighted by atomic mass is 9.69. The van der Waals surface area contributed by atoms with Crippen molar-refractivity contribution in [2.45, 2.75) is 32.6 Å². The van der Waals surface area contributed by atoms with Crippen LogP contribution in [0.5, 0.6) is 5.75 Å². The van der Waals surface area contributed by atoms with Crippen molar-refractivity contribution < 1.29 is 13.9 Å². The summed E-state index contributed by atoms with van der Waals surface area (Å²) < 4.78 is 19.0. The van der Waals surface area contributed by atoms with Gasteiger partial charge in [-0.25, -0.2) is 4.39 Å². The average Bonchev–Trinajstić information content (AvgIpc) is 3.15. The monoisotopic (exact) mass is 417 g/mol. The first-order valence-corrected chi connectivity index (χ1v) is 10.4. The number of hydrogen-bond donors (Lipinski definition) is 2. The molecule has 0 amide bonds. The Kier molecular flexibility index (Phi) is 4.46. The lowest BCUT2D eigenvalue weighted by Crippen LogP contribution is -2.33. The summed E-state index contributed by atoms with van der Waals surface area (Å²) in [5, 5.41) is 11.1. The molecule has 3 aromatic rings. The van der Waals surface area contributed by atoms with E-state index in [1.165, 1.54) is 12.1 Å². The number of nitrogens with zero attached hydrogens (tertiary/aromatic N) is 1. The number of allylic oxidation sites excluding steroid dienone is 2. The van der Waals surface area contributed by atoms with E-state index >= 15 is 0 Å². The number of ketones is 1. The molecular formula is C25H24FN3O2. The Morgan fingerprint density at radius 2 is 1.77 bits per heavy atom. The van der Waals surface area contributed by atoms with Crippen LogP contribution in [0.2, 0.25) is 0 Å². The van der Waals surface area contributed by atoms with Gasteiger partial charge in [-0.3, -0.25) is 9.89 Å². The molecule has 31 heavy (non-hydrogen) atoms. The fraction of sp³-hybridized carbons (Fsp3) is 0.280. The minimum Gasteiger partial charge on any atom is -0.497 e. The number of nitrogens with one attached hydrogen (secondary N) is 2. The quantitative estimate of drug-likeness (QED) is 0.597. The van der Waals surface area contributed by atoms with Gasteiger partial charge in [0.2, 0.25) is 0 Å². The Balaban J connectivity index is 1.70. The van der Waals surface area contributed by atoms with Crippen molar-refractivity contribution in [3.63, 3.8) is 0 Å². The number of aromatic amines is 1. The molecule has 0 fully saturated rings. The highest BCUT2D eigenvalue weighted by Gasteiger charge is 2.42. The number of H-pyrrole nitrogens is 1. The highest BCUT2D eigenvalue weighted by molar-refractivity contribution is 6.02. The van der Waals surface area contributed by atoms with Crippen LogP contribution in [-0.2, 0) is 4.79 Å². The maximum absolute atomic E-state index is 13.7. The molecule has 158 valence electrons. The first kappa shape index (κ1) is 19.5. The van der Waals surface area contributed by atoms with Crippen molar-refractivity contribution >= 4 is 11.6 Å². The summed E-state index contributed by atoms with van der Waals surface area (Å²) in [5.41, 5.74) is 5.11. The third-order valence-corrected chi connectivity index (χ3v) is 6.15. The molecule has 1 aliphatic carbocycles. The number of halogens is 1. The van der Waals surface area contributed by atoms with E-state index in [4.69, 9.17) is 4.74 Å². The van der Waals surface area contributed by atoms with E-state index in [2.05, 4.69) is 29.4 Å². The molecule has 1 atom stereocenters. The molecule has 0 saturated heterocycles. The van der Waals surface area contributed by atoms with E-state index in [0.29, 0.717) is 12.2 Å². The van der Waals surface area contributed by atoms with Gasteiger partial charge in [0.1, 0.15) is 11.6 Å². The van der Waals surface area contributed by atoms with Crippen LogP contribution in [0.15, 0.2) is 59.8 Å². The fourth-order valence-corrected chi connectivity index (χ4v) is 4.76. The van der Waals surface area contributed by atoms with Gasteiger partial charge in [0.05, 0.1) is 12.8 Å². The first-order chi connectivity index (χ1) is 14.9. The number of methoxy groups -OCH3 is 1. The Bertz CT molecular complexity index is 1190. The third kappa shape index (κ3) is 3.32. The summed E-state index contributed by atoms with van der Waals surface area (Å²) in [5.74, 6) is 0.988. The van der Waals surface area contributed by atoms with Gasteiger partial charge in [-0.05, 0) is 53.8 Å². The van der Waals surface area contributed by atoms with Crippen LogP contribution in [0, 0.1) is 11.2 Å². The van der Waals surface area contributed by atoms with Crippen LogP contribution in [0.4, 0.5) is 10.2 Å². The zero-order valence-electron chi connectivity index (χ0n) is 17.8. The SMILES string of the molecule is COc1ccc(-c2[nH]nc3c2[C@H](c2ccc(F)cc2)C2=C(CC(C)(C)CC2=O)N3)cc1. The second-order valence-corrected chi connectivity index (χ2v) is 9.03. The van der Waals surface area contributed by atoms with Gasteiger partial charge in [-0.15, -0.1) is 0 Å². The standard InChI is InChI=1S/C25H24FN3O2/c1-25(2)12-18-21(19(30)13-25)20(14-4-8-16(26)9-5-14)22-23(28-29-24(22)27-18)15-6-10-17(31-3)11-7-15/h4-11,20H,12-13H2,1-3H3,(H2,27,28,29)/t20-/m1/s1. The fourth-order valence-electron chi connectivity index (χ4n) is 4.76. The molecule has 0 radical (unpaired) electrons. The first-order valence-electron chi connectivity index (χ1n) is 10.4. The number of fused-ring (bicyclic) bond motifs is 1. The Morgan fingerprint density at radius 3 is 2.45 bits per heavy atom. The van der Waals surface area contributed by atoms with E-state index in [9.17, 15) is 9.18 Å².